The maximum absolute atomic E-state index is 9.90. The Bertz CT molecular complexity index is 731. The molecule has 4 atom stereocenters. The van der Waals surface area contributed by atoms with Gasteiger partial charge in [-0.1, -0.05) is 0 Å². The number of nitrogens with two attached hydrogens (primary N) is 1. The molecule has 0 fully saturated rings. The molecule has 2 rings (SSSR count). The summed E-state index contributed by atoms with van der Waals surface area (Å²) in [4.78, 5) is 45.8. The van der Waals surface area contributed by atoms with Crippen LogP contribution in [0, 0.1) is 0 Å². The van der Waals surface area contributed by atoms with E-state index in [1.807, 2.05) is 0 Å². The number of aromatic nitrogens is 4. The van der Waals surface area contributed by atoms with E-state index < -0.39 is 38.8 Å². The number of aldehydes is 1. The van der Waals surface area contributed by atoms with Crippen LogP contribution in [0.4, 0.5) is 5.82 Å². The first-order chi connectivity index (χ1) is 12.4. The maximum Gasteiger partial charge on any atom is 0.466 e. The third-order valence-corrected chi connectivity index (χ3v) is 2.67. The van der Waals surface area contributed by atoms with Crippen LogP contribution in [0.1, 0.15) is 0 Å². The van der Waals surface area contributed by atoms with Gasteiger partial charge in [0.1, 0.15) is 36.3 Å². The number of aliphatic hydroxyl groups is 5. The van der Waals surface area contributed by atoms with Crippen LogP contribution in [0.15, 0.2) is 12.7 Å². The number of nitrogens with one attached hydrogen (secondary N) is 1. The molecule has 16 heteroatoms. The van der Waals surface area contributed by atoms with Crippen molar-refractivity contribution in [3.8, 4) is 0 Å². The molecular formula is C11H20N5O10P. The number of hydrogen-bond acceptors (Lipinski definition) is 11. The van der Waals surface area contributed by atoms with Crippen molar-refractivity contribution >= 4 is 31.1 Å². The van der Waals surface area contributed by atoms with Crippen LogP contribution in [0.5, 0.6) is 0 Å². The molecule has 11 N–H and O–H groups in total. The average Bonchev–Trinajstić information content (AvgIpc) is 3.08. The van der Waals surface area contributed by atoms with Gasteiger partial charge >= 0.3 is 7.82 Å². The lowest BCUT2D eigenvalue weighted by molar-refractivity contribution is -0.136. The number of carbonyl (C=O) groups excluding carboxylic acids is 1. The van der Waals surface area contributed by atoms with Crippen molar-refractivity contribution in [2.24, 2.45) is 0 Å². The number of carbonyl (C=O) groups is 1. The van der Waals surface area contributed by atoms with E-state index in [-0.39, 0.29) is 6.29 Å². The monoisotopic (exact) mass is 413 g/mol. The van der Waals surface area contributed by atoms with E-state index in [9.17, 15) is 4.79 Å². The Kier molecular flexibility index (Phi) is 10.7. The molecule has 0 aliphatic rings. The van der Waals surface area contributed by atoms with Crippen LogP contribution in [0.25, 0.3) is 11.2 Å². The Hall–Kier alpha value is -2.07. The van der Waals surface area contributed by atoms with Gasteiger partial charge in [-0.3, -0.25) is 0 Å². The number of hydrogen-bond donors (Lipinski definition) is 10. The van der Waals surface area contributed by atoms with Gasteiger partial charge in [-0.25, -0.2) is 19.5 Å². The SMILES string of the molecule is Nc1ncnc2nc[nH]c12.O=C[C@H](O)[C@@H](O)[C@H](O)[C@H](O)CO.O=P(O)(O)O. The predicted octanol–water partition coefficient (Wildman–Crippen LogP) is -4.37. The summed E-state index contributed by atoms with van der Waals surface area (Å²) >= 11 is 0. The summed E-state index contributed by atoms with van der Waals surface area (Å²) in [6.45, 7) is -0.760. The topological polar surface area (TPSA) is 276 Å². The van der Waals surface area contributed by atoms with Gasteiger partial charge in [0.25, 0.3) is 0 Å². The Morgan fingerprint density at radius 3 is 2.11 bits per heavy atom. The van der Waals surface area contributed by atoms with Crippen LogP contribution in [-0.4, -0.2) is 97.5 Å². The zero-order valence-electron chi connectivity index (χ0n) is 13.5. The lowest BCUT2D eigenvalue weighted by atomic mass is 10.0. The number of anilines is 1. The molecule has 0 amide bonds. The summed E-state index contributed by atoms with van der Waals surface area (Å²) in [5.41, 5.74) is 6.78. The van der Waals surface area contributed by atoms with Crippen LogP contribution in [0.3, 0.4) is 0 Å². The van der Waals surface area contributed by atoms with E-state index in [0.717, 1.165) is 0 Å². The first-order valence-electron chi connectivity index (χ1n) is 6.88. The van der Waals surface area contributed by atoms with Crippen molar-refractivity contribution in [2.45, 2.75) is 24.4 Å². The number of aliphatic hydroxyl groups excluding tert-OH is 5. The lowest BCUT2D eigenvalue weighted by Crippen LogP contribution is -2.46. The second-order valence-corrected chi connectivity index (χ2v) is 5.76. The van der Waals surface area contributed by atoms with Crippen molar-refractivity contribution < 1.29 is 49.6 Å². The molecule has 0 spiro atoms. The average molecular weight is 413 g/mol. The zero-order chi connectivity index (χ0) is 21.2. The Morgan fingerprint density at radius 1 is 1.11 bits per heavy atom. The molecule has 15 nitrogen and oxygen atoms in total. The maximum atomic E-state index is 9.90. The minimum Gasteiger partial charge on any atom is -0.394 e. The highest BCUT2D eigenvalue weighted by atomic mass is 31.2. The first-order valence-corrected chi connectivity index (χ1v) is 8.45. The van der Waals surface area contributed by atoms with Gasteiger partial charge in [-0.05, 0) is 0 Å². The highest BCUT2D eigenvalue weighted by Crippen LogP contribution is 2.25. The van der Waals surface area contributed by atoms with Crippen LogP contribution in [-0.2, 0) is 9.36 Å². The summed E-state index contributed by atoms with van der Waals surface area (Å²) < 4.78 is 8.88. The normalized spacial score (nSPS) is 15.4. The Balaban J connectivity index is 0.000000406. The molecule has 0 unspecified atom stereocenters. The fourth-order valence-electron chi connectivity index (χ4n) is 1.40. The summed E-state index contributed by atoms with van der Waals surface area (Å²) in [7, 11) is -4.64. The van der Waals surface area contributed by atoms with E-state index in [0.29, 0.717) is 17.0 Å². The molecule has 0 aliphatic carbocycles. The number of nitrogen functional groups attached to an aromatic ring is 1. The van der Waals surface area contributed by atoms with Crippen molar-refractivity contribution in [3.63, 3.8) is 0 Å². The van der Waals surface area contributed by atoms with E-state index >= 15 is 0 Å². The second kappa shape index (κ2) is 11.6. The van der Waals surface area contributed by atoms with Gasteiger partial charge in [0, 0.05) is 0 Å². The van der Waals surface area contributed by atoms with E-state index in [2.05, 4.69) is 19.9 Å². The third-order valence-electron chi connectivity index (χ3n) is 2.67. The van der Waals surface area contributed by atoms with Gasteiger partial charge in [-0.15, -0.1) is 0 Å². The van der Waals surface area contributed by atoms with Gasteiger partial charge in [0.15, 0.2) is 17.8 Å². The molecule has 2 heterocycles. The molecule has 0 saturated carbocycles. The van der Waals surface area contributed by atoms with Crippen LogP contribution in [0.2, 0.25) is 0 Å². The van der Waals surface area contributed by atoms with Crippen molar-refractivity contribution in [1.29, 1.82) is 0 Å². The Morgan fingerprint density at radius 2 is 1.67 bits per heavy atom. The molecule has 0 aliphatic heterocycles. The number of H-pyrrole nitrogens is 1. The third kappa shape index (κ3) is 10.00. The minimum atomic E-state index is -4.64. The molecule has 154 valence electrons. The first kappa shape index (κ1) is 24.9. The summed E-state index contributed by atoms with van der Waals surface area (Å²) in [5, 5.41) is 43.5. The van der Waals surface area contributed by atoms with Crippen molar-refractivity contribution in [1.82, 2.24) is 19.9 Å². The number of fused-ring (bicyclic) bond motifs is 1. The van der Waals surface area contributed by atoms with Crippen LogP contribution < -0.4 is 5.73 Å². The van der Waals surface area contributed by atoms with E-state index in [1.54, 1.807) is 0 Å². The van der Waals surface area contributed by atoms with Gasteiger partial charge in [0.2, 0.25) is 0 Å². The quantitative estimate of drug-likeness (QED) is 0.164. The molecule has 27 heavy (non-hydrogen) atoms. The molecule has 0 radical (unpaired) electrons. The zero-order valence-corrected chi connectivity index (χ0v) is 14.4. The molecule has 0 bridgehead atoms. The predicted molar refractivity (Wildman–Crippen MR) is 87.5 cm³/mol. The summed E-state index contributed by atoms with van der Waals surface area (Å²) in [5.74, 6) is 0.433. The number of nitrogens with zero attached hydrogens (tertiary/aromatic N) is 3. The summed E-state index contributed by atoms with van der Waals surface area (Å²) in [6, 6.07) is 0. The largest absolute Gasteiger partial charge is 0.466 e. The molecule has 2 aromatic heterocycles. The number of imidazole rings is 1. The molecule has 2 aromatic rings. The van der Waals surface area contributed by atoms with E-state index in [1.165, 1.54) is 12.7 Å². The number of phosphoric acid groups is 1. The van der Waals surface area contributed by atoms with Crippen molar-refractivity contribution in [3.05, 3.63) is 12.7 Å². The summed E-state index contributed by atoms with van der Waals surface area (Å²) in [6.07, 6.45) is -3.91. The Labute approximate surface area is 151 Å². The molecule has 0 saturated heterocycles. The van der Waals surface area contributed by atoms with Crippen molar-refractivity contribution in [2.75, 3.05) is 12.3 Å². The van der Waals surface area contributed by atoms with Crippen LogP contribution >= 0.6 is 7.82 Å². The fraction of sp³-hybridized carbons (Fsp3) is 0.455. The lowest BCUT2D eigenvalue weighted by Gasteiger charge is -2.22. The van der Waals surface area contributed by atoms with Gasteiger partial charge < -0.3 is 55.7 Å². The smallest absolute Gasteiger partial charge is 0.394 e. The highest BCUT2D eigenvalue weighted by molar-refractivity contribution is 7.45. The standard InChI is InChI=1S/C6H12O6.C5H5N5.H3O4P/c7-1-3(9)5(11)6(12)4(10)2-8;6-4-3-5(9-1-7-3)10-2-8-4;1-5(2,3)4/h1,3-6,8-12H,2H2;1-2H,(H3,6,7,8,9,10);(H3,1,2,3,4)/t3-,4+,5+,6+;;/m0../s1. The molecule has 0 aromatic carbocycles. The number of rotatable bonds is 5. The minimum absolute atomic E-state index is 0.0258. The van der Waals surface area contributed by atoms with Gasteiger partial charge in [0.05, 0.1) is 12.9 Å². The van der Waals surface area contributed by atoms with E-state index in [4.69, 9.17) is 50.5 Å². The van der Waals surface area contributed by atoms with Gasteiger partial charge in [-0.2, -0.15) is 0 Å². The fourth-order valence-corrected chi connectivity index (χ4v) is 1.40. The molecular weight excluding hydrogens is 393 g/mol. The second-order valence-electron chi connectivity index (χ2n) is 4.73. The highest BCUT2D eigenvalue weighted by Gasteiger charge is 2.29. The number of aromatic amines is 1.